The Bertz CT molecular complexity index is 304. The predicted molar refractivity (Wildman–Crippen MR) is 56.1 cm³/mol. The van der Waals surface area contributed by atoms with Crippen LogP contribution in [-0.4, -0.2) is 15.6 Å². The van der Waals surface area contributed by atoms with Crippen LogP contribution in [0.3, 0.4) is 0 Å². The van der Waals surface area contributed by atoms with Gasteiger partial charge in [0.15, 0.2) is 0 Å². The van der Waals surface area contributed by atoms with Gasteiger partial charge in [-0.2, -0.15) is 5.10 Å². The van der Waals surface area contributed by atoms with Gasteiger partial charge < -0.3 is 0 Å². The normalized spacial score (nSPS) is 12.8. The molecule has 0 N–H and O–H groups in total. The molecule has 1 unspecified atom stereocenters. The van der Waals surface area contributed by atoms with E-state index in [0.29, 0.717) is 0 Å². The Morgan fingerprint density at radius 3 is 2.71 bits per heavy atom. The quantitative estimate of drug-likeness (QED) is 0.719. The number of hydrogen-bond acceptors (Lipinski definition) is 2. The number of hydrogen-bond donors (Lipinski definition) is 0. The fourth-order valence-corrected chi connectivity index (χ4v) is 1.54. The van der Waals surface area contributed by atoms with Crippen LogP contribution in [0.4, 0.5) is 0 Å². The second-order valence-electron chi connectivity index (χ2n) is 3.62. The van der Waals surface area contributed by atoms with Crippen molar-refractivity contribution >= 4 is 5.78 Å². The number of rotatable bonds is 5. The summed E-state index contributed by atoms with van der Waals surface area (Å²) >= 11 is 0. The highest BCUT2D eigenvalue weighted by molar-refractivity contribution is 5.78. The van der Waals surface area contributed by atoms with Crippen LogP contribution in [0.15, 0.2) is 12.4 Å². The lowest BCUT2D eigenvalue weighted by atomic mass is 9.95. The van der Waals surface area contributed by atoms with E-state index < -0.39 is 0 Å². The Hall–Kier alpha value is -1.12. The van der Waals surface area contributed by atoms with Gasteiger partial charge in [-0.1, -0.05) is 6.92 Å². The van der Waals surface area contributed by atoms with Crippen molar-refractivity contribution in [2.45, 2.75) is 40.2 Å². The standard InChI is InChI=1S/C11H18N2O/c1-4-11(9(3)14)6-10-7-12-13(5-2)8-10/h7-8,11H,4-6H2,1-3H3. The maximum absolute atomic E-state index is 11.2. The van der Waals surface area contributed by atoms with E-state index in [9.17, 15) is 4.79 Å². The molecule has 0 amide bonds. The lowest BCUT2D eigenvalue weighted by Gasteiger charge is -2.08. The summed E-state index contributed by atoms with van der Waals surface area (Å²) in [5, 5.41) is 4.19. The molecule has 0 radical (unpaired) electrons. The van der Waals surface area contributed by atoms with Crippen molar-refractivity contribution in [1.82, 2.24) is 9.78 Å². The molecule has 1 atom stereocenters. The Kier molecular flexibility index (Phi) is 3.86. The van der Waals surface area contributed by atoms with Crippen LogP contribution in [0, 0.1) is 5.92 Å². The zero-order valence-corrected chi connectivity index (χ0v) is 9.16. The minimum Gasteiger partial charge on any atom is -0.300 e. The van der Waals surface area contributed by atoms with Crippen LogP contribution >= 0.6 is 0 Å². The van der Waals surface area contributed by atoms with E-state index in [1.807, 2.05) is 17.1 Å². The third kappa shape index (κ3) is 2.69. The minimum atomic E-state index is 0.157. The molecular formula is C11H18N2O. The summed E-state index contributed by atoms with van der Waals surface area (Å²) in [4.78, 5) is 11.2. The Labute approximate surface area is 85.1 Å². The van der Waals surface area contributed by atoms with Gasteiger partial charge in [0.2, 0.25) is 0 Å². The van der Waals surface area contributed by atoms with Crippen molar-refractivity contribution in [1.29, 1.82) is 0 Å². The average Bonchev–Trinajstić information content (AvgIpc) is 2.61. The van der Waals surface area contributed by atoms with Crippen molar-refractivity contribution < 1.29 is 4.79 Å². The molecule has 0 aromatic carbocycles. The highest BCUT2D eigenvalue weighted by Crippen LogP contribution is 2.12. The summed E-state index contributed by atoms with van der Waals surface area (Å²) in [7, 11) is 0. The monoisotopic (exact) mass is 194 g/mol. The summed E-state index contributed by atoms with van der Waals surface area (Å²) in [6, 6.07) is 0. The molecule has 0 spiro atoms. The Balaban J connectivity index is 2.62. The molecule has 1 rings (SSSR count). The van der Waals surface area contributed by atoms with Gasteiger partial charge in [-0.3, -0.25) is 9.48 Å². The van der Waals surface area contributed by atoms with E-state index in [0.717, 1.165) is 24.9 Å². The van der Waals surface area contributed by atoms with Crippen LogP contribution in [0.5, 0.6) is 0 Å². The molecule has 0 saturated carbocycles. The number of Topliss-reactive ketones (excluding diaryl/α,β-unsaturated/α-hetero) is 1. The zero-order valence-electron chi connectivity index (χ0n) is 9.16. The molecule has 14 heavy (non-hydrogen) atoms. The van der Waals surface area contributed by atoms with Crippen LogP contribution < -0.4 is 0 Å². The Morgan fingerprint density at radius 1 is 1.57 bits per heavy atom. The SMILES string of the molecule is CCC(Cc1cnn(CC)c1)C(C)=O. The third-order valence-corrected chi connectivity index (χ3v) is 2.56. The molecule has 0 aliphatic heterocycles. The predicted octanol–water partition coefficient (Wildman–Crippen LogP) is 2.06. The van der Waals surface area contributed by atoms with E-state index in [-0.39, 0.29) is 11.7 Å². The van der Waals surface area contributed by atoms with E-state index in [1.165, 1.54) is 0 Å². The van der Waals surface area contributed by atoms with Gasteiger partial charge in [0.25, 0.3) is 0 Å². The molecule has 3 heteroatoms. The molecule has 0 fully saturated rings. The highest BCUT2D eigenvalue weighted by atomic mass is 16.1. The second kappa shape index (κ2) is 4.94. The van der Waals surface area contributed by atoms with E-state index in [2.05, 4.69) is 18.9 Å². The van der Waals surface area contributed by atoms with Crippen molar-refractivity contribution in [3.8, 4) is 0 Å². The maximum Gasteiger partial charge on any atom is 0.133 e. The molecule has 0 bridgehead atoms. The van der Waals surface area contributed by atoms with Crippen LogP contribution in [0.2, 0.25) is 0 Å². The number of aromatic nitrogens is 2. The second-order valence-corrected chi connectivity index (χ2v) is 3.62. The van der Waals surface area contributed by atoms with Crippen LogP contribution in [0.1, 0.15) is 32.8 Å². The number of carbonyl (C=O) groups is 1. The van der Waals surface area contributed by atoms with Gasteiger partial charge in [-0.25, -0.2) is 0 Å². The fraction of sp³-hybridized carbons (Fsp3) is 0.636. The topological polar surface area (TPSA) is 34.9 Å². The number of aryl methyl sites for hydroxylation is 1. The fourth-order valence-electron chi connectivity index (χ4n) is 1.54. The van der Waals surface area contributed by atoms with E-state index in [4.69, 9.17) is 0 Å². The molecule has 78 valence electrons. The summed E-state index contributed by atoms with van der Waals surface area (Å²) in [6.45, 7) is 6.66. The number of ketones is 1. The van der Waals surface area contributed by atoms with Gasteiger partial charge >= 0.3 is 0 Å². The van der Waals surface area contributed by atoms with Crippen molar-refractivity contribution in [2.75, 3.05) is 0 Å². The number of nitrogens with zero attached hydrogens (tertiary/aromatic N) is 2. The van der Waals surface area contributed by atoms with Crippen LogP contribution in [-0.2, 0) is 17.8 Å². The molecule has 3 nitrogen and oxygen atoms in total. The first kappa shape index (κ1) is 11.0. The third-order valence-electron chi connectivity index (χ3n) is 2.56. The molecular weight excluding hydrogens is 176 g/mol. The van der Waals surface area contributed by atoms with Crippen molar-refractivity contribution in [2.24, 2.45) is 5.92 Å². The minimum absolute atomic E-state index is 0.157. The highest BCUT2D eigenvalue weighted by Gasteiger charge is 2.13. The summed E-state index contributed by atoms with van der Waals surface area (Å²) in [6.07, 6.45) is 5.61. The Morgan fingerprint density at radius 2 is 2.29 bits per heavy atom. The molecule has 1 aromatic heterocycles. The van der Waals surface area contributed by atoms with Gasteiger partial charge in [0, 0.05) is 18.7 Å². The lowest BCUT2D eigenvalue weighted by molar-refractivity contribution is -0.120. The van der Waals surface area contributed by atoms with Gasteiger partial charge in [0.05, 0.1) is 6.20 Å². The number of carbonyl (C=O) groups excluding carboxylic acids is 1. The zero-order chi connectivity index (χ0) is 10.6. The van der Waals surface area contributed by atoms with Gasteiger partial charge in [-0.05, 0) is 32.3 Å². The van der Waals surface area contributed by atoms with E-state index in [1.54, 1.807) is 6.92 Å². The molecule has 1 aromatic rings. The summed E-state index contributed by atoms with van der Waals surface area (Å²) in [5.74, 6) is 0.432. The summed E-state index contributed by atoms with van der Waals surface area (Å²) in [5.41, 5.74) is 1.16. The van der Waals surface area contributed by atoms with Crippen molar-refractivity contribution in [3.63, 3.8) is 0 Å². The molecule has 0 saturated heterocycles. The van der Waals surface area contributed by atoms with Gasteiger partial charge in [0.1, 0.15) is 5.78 Å². The maximum atomic E-state index is 11.2. The first-order chi connectivity index (χ1) is 6.67. The molecule has 0 aliphatic carbocycles. The largest absolute Gasteiger partial charge is 0.300 e. The molecule has 1 heterocycles. The van der Waals surface area contributed by atoms with E-state index >= 15 is 0 Å². The first-order valence-corrected chi connectivity index (χ1v) is 5.19. The van der Waals surface area contributed by atoms with Gasteiger partial charge in [-0.15, -0.1) is 0 Å². The first-order valence-electron chi connectivity index (χ1n) is 5.19. The van der Waals surface area contributed by atoms with Crippen molar-refractivity contribution in [3.05, 3.63) is 18.0 Å². The summed E-state index contributed by atoms with van der Waals surface area (Å²) < 4.78 is 1.89. The molecule has 0 aliphatic rings. The smallest absolute Gasteiger partial charge is 0.133 e. The lowest BCUT2D eigenvalue weighted by Crippen LogP contribution is -2.12. The average molecular weight is 194 g/mol. The van der Waals surface area contributed by atoms with Crippen LogP contribution in [0.25, 0.3) is 0 Å².